The fourth-order valence-electron chi connectivity index (χ4n) is 2.80. The average Bonchev–Trinajstić information content (AvgIpc) is 2.89. The molecule has 1 heterocycles. The average molecular weight is 308 g/mol. The van der Waals surface area contributed by atoms with Crippen molar-refractivity contribution in [1.82, 2.24) is 10.2 Å². The first-order chi connectivity index (χ1) is 10.2. The van der Waals surface area contributed by atoms with Crippen LogP contribution in [-0.2, 0) is 4.79 Å². The number of nitrogens with one attached hydrogen (secondary N) is 1. The highest BCUT2D eigenvalue weighted by atomic mass is 32.1. The van der Waals surface area contributed by atoms with Crippen molar-refractivity contribution < 1.29 is 9.59 Å². The fourth-order valence-corrected chi connectivity index (χ4v) is 3.44. The summed E-state index contributed by atoms with van der Waals surface area (Å²) in [7, 11) is 1.90. The molecule has 5 heteroatoms. The Morgan fingerprint density at radius 2 is 2.00 bits per heavy atom. The summed E-state index contributed by atoms with van der Waals surface area (Å²) in [5.74, 6) is 0.0447. The Hall–Kier alpha value is -1.36. The summed E-state index contributed by atoms with van der Waals surface area (Å²) in [4.78, 5) is 26.6. The van der Waals surface area contributed by atoms with E-state index >= 15 is 0 Å². The van der Waals surface area contributed by atoms with Gasteiger partial charge in [0.15, 0.2) is 0 Å². The molecular weight excluding hydrogens is 284 g/mol. The van der Waals surface area contributed by atoms with Gasteiger partial charge in [0, 0.05) is 26.1 Å². The van der Waals surface area contributed by atoms with Crippen LogP contribution in [0, 0.1) is 0 Å². The van der Waals surface area contributed by atoms with Gasteiger partial charge < -0.3 is 10.2 Å². The van der Waals surface area contributed by atoms with Crippen molar-refractivity contribution in [3.8, 4) is 0 Å². The number of hydrogen-bond acceptors (Lipinski definition) is 3. The Morgan fingerprint density at radius 3 is 2.62 bits per heavy atom. The van der Waals surface area contributed by atoms with Crippen LogP contribution in [0.2, 0.25) is 0 Å². The Balaban J connectivity index is 1.72. The normalized spacial score (nSPS) is 16.2. The van der Waals surface area contributed by atoms with Crippen LogP contribution < -0.4 is 5.32 Å². The fraction of sp³-hybridized carbons (Fsp3) is 0.625. The summed E-state index contributed by atoms with van der Waals surface area (Å²) < 4.78 is 0. The summed E-state index contributed by atoms with van der Waals surface area (Å²) in [5, 5.41) is 4.68. The molecule has 0 atom stereocenters. The molecule has 116 valence electrons. The molecule has 1 fully saturated rings. The first-order valence-corrected chi connectivity index (χ1v) is 8.64. The van der Waals surface area contributed by atoms with Gasteiger partial charge in [-0.05, 0) is 24.3 Å². The molecule has 2 rings (SSSR count). The third kappa shape index (κ3) is 4.84. The van der Waals surface area contributed by atoms with E-state index in [1.165, 1.54) is 37.0 Å². The first-order valence-electron chi connectivity index (χ1n) is 7.76. The van der Waals surface area contributed by atoms with Gasteiger partial charge in [-0.1, -0.05) is 31.7 Å². The van der Waals surface area contributed by atoms with Crippen molar-refractivity contribution in [3.05, 3.63) is 22.4 Å². The van der Waals surface area contributed by atoms with Crippen LogP contribution >= 0.6 is 11.3 Å². The Kier molecular flexibility index (Phi) is 6.23. The smallest absolute Gasteiger partial charge is 0.261 e. The topological polar surface area (TPSA) is 49.4 Å². The SMILES string of the molecule is CN(C(=O)CCNC(=O)c1cccs1)C1CCCCCC1. The van der Waals surface area contributed by atoms with Gasteiger partial charge in [-0.2, -0.15) is 0 Å². The molecule has 1 aliphatic rings. The van der Waals surface area contributed by atoms with Gasteiger partial charge >= 0.3 is 0 Å². The molecule has 0 radical (unpaired) electrons. The van der Waals surface area contributed by atoms with Gasteiger partial charge in [-0.15, -0.1) is 11.3 Å². The molecule has 0 spiro atoms. The van der Waals surface area contributed by atoms with Gasteiger partial charge in [0.05, 0.1) is 4.88 Å². The zero-order valence-corrected chi connectivity index (χ0v) is 13.5. The lowest BCUT2D eigenvalue weighted by atomic mass is 10.1. The second-order valence-corrected chi connectivity index (χ2v) is 6.58. The highest BCUT2D eigenvalue weighted by Gasteiger charge is 2.20. The molecule has 1 aromatic rings. The zero-order valence-electron chi connectivity index (χ0n) is 12.6. The molecule has 21 heavy (non-hydrogen) atoms. The molecule has 1 aliphatic carbocycles. The van der Waals surface area contributed by atoms with Crippen LogP contribution in [0.15, 0.2) is 17.5 Å². The monoisotopic (exact) mass is 308 g/mol. The number of carbonyl (C=O) groups is 2. The van der Waals surface area contributed by atoms with Gasteiger partial charge in [-0.3, -0.25) is 9.59 Å². The van der Waals surface area contributed by atoms with Crippen LogP contribution in [0.4, 0.5) is 0 Å². The van der Waals surface area contributed by atoms with Crippen LogP contribution in [0.3, 0.4) is 0 Å². The Bertz CT molecular complexity index is 451. The van der Waals surface area contributed by atoms with Gasteiger partial charge in [0.2, 0.25) is 5.91 Å². The van der Waals surface area contributed by atoms with E-state index < -0.39 is 0 Å². The number of carbonyl (C=O) groups excluding carboxylic acids is 2. The van der Waals surface area contributed by atoms with Crippen LogP contribution in [0.1, 0.15) is 54.6 Å². The first kappa shape index (κ1) is 16.0. The lowest BCUT2D eigenvalue weighted by Gasteiger charge is -2.27. The Labute approximate surface area is 130 Å². The molecule has 0 saturated heterocycles. The van der Waals surface area contributed by atoms with Crippen molar-refractivity contribution in [2.45, 2.75) is 51.0 Å². The predicted molar refractivity (Wildman–Crippen MR) is 85.5 cm³/mol. The number of thiophene rings is 1. The molecule has 1 aromatic heterocycles. The minimum atomic E-state index is -0.0880. The van der Waals surface area contributed by atoms with E-state index in [1.807, 2.05) is 23.4 Å². The molecule has 2 amide bonds. The number of nitrogens with zero attached hydrogens (tertiary/aromatic N) is 1. The lowest BCUT2D eigenvalue weighted by Crippen LogP contribution is -2.38. The van der Waals surface area contributed by atoms with Gasteiger partial charge in [0.1, 0.15) is 0 Å². The van der Waals surface area contributed by atoms with Crippen molar-refractivity contribution in [2.24, 2.45) is 0 Å². The van der Waals surface area contributed by atoms with E-state index in [9.17, 15) is 9.59 Å². The summed E-state index contributed by atoms with van der Waals surface area (Å²) in [5.41, 5.74) is 0. The van der Waals surface area contributed by atoms with E-state index in [2.05, 4.69) is 5.32 Å². The third-order valence-electron chi connectivity index (χ3n) is 4.14. The van der Waals surface area contributed by atoms with Crippen LogP contribution in [-0.4, -0.2) is 36.3 Å². The van der Waals surface area contributed by atoms with Crippen molar-refractivity contribution in [3.63, 3.8) is 0 Å². The summed E-state index contributed by atoms with van der Waals surface area (Å²) >= 11 is 1.41. The second kappa shape index (κ2) is 8.17. The molecule has 1 saturated carbocycles. The van der Waals surface area contributed by atoms with Crippen LogP contribution in [0.5, 0.6) is 0 Å². The summed E-state index contributed by atoms with van der Waals surface area (Å²) in [6.07, 6.45) is 7.62. The van der Waals surface area contributed by atoms with Gasteiger partial charge in [0.25, 0.3) is 5.91 Å². The molecule has 0 bridgehead atoms. The maximum atomic E-state index is 12.2. The largest absolute Gasteiger partial charge is 0.351 e. The standard InChI is InChI=1S/C16H24N2O2S/c1-18(13-7-4-2-3-5-8-13)15(19)10-11-17-16(20)14-9-6-12-21-14/h6,9,12-13H,2-5,7-8,10-11H2,1H3,(H,17,20). The summed E-state index contributed by atoms with van der Waals surface area (Å²) in [6.45, 7) is 0.409. The number of hydrogen-bond donors (Lipinski definition) is 1. The van der Waals surface area contributed by atoms with Gasteiger partial charge in [-0.25, -0.2) is 0 Å². The van der Waals surface area contributed by atoms with E-state index in [-0.39, 0.29) is 11.8 Å². The number of amides is 2. The van der Waals surface area contributed by atoms with E-state index in [0.29, 0.717) is 23.9 Å². The maximum Gasteiger partial charge on any atom is 0.261 e. The molecule has 0 aromatic carbocycles. The third-order valence-corrected chi connectivity index (χ3v) is 5.00. The van der Waals surface area contributed by atoms with E-state index in [0.717, 1.165) is 12.8 Å². The summed E-state index contributed by atoms with van der Waals surface area (Å²) in [6, 6.07) is 4.03. The van der Waals surface area contributed by atoms with Crippen molar-refractivity contribution in [1.29, 1.82) is 0 Å². The highest BCUT2D eigenvalue weighted by molar-refractivity contribution is 7.12. The minimum absolute atomic E-state index is 0.0880. The quantitative estimate of drug-likeness (QED) is 0.850. The number of rotatable bonds is 5. The highest BCUT2D eigenvalue weighted by Crippen LogP contribution is 2.21. The Morgan fingerprint density at radius 1 is 1.29 bits per heavy atom. The van der Waals surface area contributed by atoms with Crippen LogP contribution in [0.25, 0.3) is 0 Å². The van der Waals surface area contributed by atoms with Crippen molar-refractivity contribution >= 4 is 23.2 Å². The maximum absolute atomic E-state index is 12.2. The molecule has 1 N–H and O–H groups in total. The zero-order chi connectivity index (χ0) is 15.1. The molecular formula is C16H24N2O2S. The lowest BCUT2D eigenvalue weighted by molar-refractivity contribution is -0.132. The minimum Gasteiger partial charge on any atom is -0.351 e. The van der Waals surface area contributed by atoms with E-state index in [4.69, 9.17) is 0 Å². The van der Waals surface area contributed by atoms with E-state index in [1.54, 1.807) is 6.07 Å². The molecule has 4 nitrogen and oxygen atoms in total. The van der Waals surface area contributed by atoms with Crippen molar-refractivity contribution in [2.75, 3.05) is 13.6 Å². The molecule has 0 aliphatic heterocycles. The molecule has 0 unspecified atom stereocenters. The second-order valence-electron chi connectivity index (χ2n) is 5.63. The predicted octanol–water partition coefficient (Wildman–Crippen LogP) is 3.05.